The molecule has 2 saturated heterocycles. The number of piperidine rings is 1. The van der Waals surface area contributed by atoms with E-state index < -0.39 is 5.60 Å². The van der Waals surface area contributed by atoms with E-state index in [0.29, 0.717) is 11.7 Å². The van der Waals surface area contributed by atoms with Crippen LogP contribution in [0, 0.1) is 5.82 Å². The molecule has 1 aromatic rings. The maximum atomic E-state index is 14.0. The van der Waals surface area contributed by atoms with Crippen LogP contribution in [0.5, 0.6) is 0 Å². The Morgan fingerprint density at radius 3 is 2.50 bits per heavy atom. The van der Waals surface area contributed by atoms with Crippen molar-refractivity contribution in [2.45, 2.75) is 51.3 Å². The molecule has 2 aliphatic rings. The number of carbonyl (C=O) groups excluding carboxylic acids is 1. The van der Waals surface area contributed by atoms with Gasteiger partial charge in [0.1, 0.15) is 11.4 Å². The second kappa shape index (κ2) is 7.72. The quantitative estimate of drug-likeness (QED) is 0.797. The number of alkyl carbamates (subject to hydrolysis) is 1. The molecule has 26 heavy (non-hydrogen) atoms. The van der Waals surface area contributed by atoms with Crippen LogP contribution in [0.2, 0.25) is 0 Å². The number of carbonyl (C=O) groups is 1. The molecule has 144 valence electrons. The number of hydrogen-bond donors (Lipinski definition) is 1. The number of anilines is 1. The summed E-state index contributed by atoms with van der Waals surface area (Å²) in [7, 11) is 0. The second-order valence-corrected chi connectivity index (χ2v) is 9.03. The van der Waals surface area contributed by atoms with Crippen molar-refractivity contribution in [3.05, 3.63) is 28.5 Å². The van der Waals surface area contributed by atoms with Gasteiger partial charge in [0.25, 0.3) is 0 Å². The van der Waals surface area contributed by atoms with Crippen LogP contribution in [0.1, 0.15) is 33.6 Å². The van der Waals surface area contributed by atoms with Gasteiger partial charge >= 0.3 is 6.09 Å². The molecule has 0 bridgehead atoms. The highest BCUT2D eigenvalue weighted by atomic mass is 79.9. The number of benzene rings is 1. The Balaban J connectivity index is 1.42. The molecule has 7 heteroatoms. The molecule has 5 nitrogen and oxygen atoms in total. The molecule has 0 saturated carbocycles. The first-order valence-electron chi connectivity index (χ1n) is 9.15. The lowest BCUT2D eigenvalue weighted by molar-refractivity contribution is 0.0462. The van der Waals surface area contributed by atoms with Crippen molar-refractivity contribution in [3.8, 4) is 0 Å². The zero-order valence-corrected chi connectivity index (χ0v) is 17.2. The molecule has 0 radical (unpaired) electrons. The Morgan fingerprint density at radius 2 is 1.92 bits per heavy atom. The molecular weight excluding hydrogens is 401 g/mol. The van der Waals surface area contributed by atoms with E-state index in [1.165, 1.54) is 6.07 Å². The van der Waals surface area contributed by atoms with Crippen LogP contribution in [-0.2, 0) is 4.74 Å². The predicted octanol–water partition coefficient (Wildman–Crippen LogP) is 3.77. The summed E-state index contributed by atoms with van der Waals surface area (Å²) in [6, 6.07) is 5.84. The summed E-state index contributed by atoms with van der Waals surface area (Å²) in [6.45, 7) is 9.19. The van der Waals surface area contributed by atoms with Gasteiger partial charge in [-0.15, -0.1) is 0 Å². The number of halogens is 2. The van der Waals surface area contributed by atoms with Crippen LogP contribution in [0.15, 0.2) is 22.7 Å². The van der Waals surface area contributed by atoms with Gasteiger partial charge in [-0.25, -0.2) is 9.18 Å². The highest BCUT2D eigenvalue weighted by molar-refractivity contribution is 9.10. The molecular formula is C19H27BrFN3O2. The average molecular weight is 428 g/mol. The lowest BCUT2D eigenvalue weighted by Crippen LogP contribution is -2.62. The Bertz CT molecular complexity index is 651. The van der Waals surface area contributed by atoms with E-state index in [1.54, 1.807) is 0 Å². The van der Waals surface area contributed by atoms with Crippen molar-refractivity contribution in [1.82, 2.24) is 10.2 Å². The van der Waals surface area contributed by atoms with Crippen LogP contribution in [0.25, 0.3) is 0 Å². The summed E-state index contributed by atoms with van der Waals surface area (Å²) in [5.74, 6) is -0.182. The first-order chi connectivity index (χ1) is 12.2. The zero-order chi connectivity index (χ0) is 18.9. The monoisotopic (exact) mass is 427 g/mol. The summed E-state index contributed by atoms with van der Waals surface area (Å²) in [5, 5.41) is 2.97. The van der Waals surface area contributed by atoms with E-state index in [9.17, 15) is 9.18 Å². The number of nitrogens with zero attached hydrogens (tertiary/aromatic N) is 2. The Morgan fingerprint density at radius 1 is 1.27 bits per heavy atom. The Kier molecular flexibility index (Phi) is 5.77. The summed E-state index contributed by atoms with van der Waals surface area (Å²) < 4.78 is 20.1. The third-order valence-electron chi connectivity index (χ3n) is 4.88. The van der Waals surface area contributed by atoms with Gasteiger partial charge < -0.3 is 15.0 Å². The maximum Gasteiger partial charge on any atom is 0.407 e. The van der Waals surface area contributed by atoms with Gasteiger partial charge in [0.2, 0.25) is 0 Å². The van der Waals surface area contributed by atoms with Crippen molar-refractivity contribution < 1.29 is 13.9 Å². The molecule has 0 aliphatic carbocycles. The van der Waals surface area contributed by atoms with Gasteiger partial charge in [-0.1, -0.05) is 15.9 Å². The molecule has 2 fully saturated rings. The number of likely N-dealkylation sites (tertiary alicyclic amines) is 1. The number of ether oxygens (including phenoxy) is 1. The van der Waals surface area contributed by atoms with Crippen molar-refractivity contribution in [3.63, 3.8) is 0 Å². The van der Waals surface area contributed by atoms with E-state index in [1.807, 2.05) is 32.9 Å². The van der Waals surface area contributed by atoms with Crippen molar-refractivity contribution in [2.75, 3.05) is 31.1 Å². The van der Waals surface area contributed by atoms with Crippen LogP contribution >= 0.6 is 15.9 Å². The van der Waals surface area contributed by atoms with Crippen LogP contribution in [0.3, 0.4) is 0 Å². The number of hydrogen-bond acceptors (Lipinski definition) is 4. The van der Waals surface area contributed by atoms with Crippen LogP contribution in [-0.4, -0.2) is 54.9 Å². The number of amides is 1. The third kappa shape index (κ3) is 4.88. The van der Waals surface area contributed by atoms with Gasteiger partial charge in [0, 0.05) is 42.7 Å². The average Bonchev–Trinajstić information content (AvgIpc) is 2.47. The Hall–Kier alpha value is -1.34. The highest BCUT2D eigenvalue weighted by Gasteiger charge is 2.35. The van der Waals surface area contributed by atoms with Gasteiger partial charge in [-0.3, -0.25) is 4.90 Å². The zero-order valence-electron chi connectivity index (χ0n) is 15.6. The Labute approximate surface area is 163 Å². The fourth-order valence-electron chi connectivity index (χ4n) is 3.50. The largest absolute Gasteiger partial charge is 0.444 e. The fourth-order valence-corrected chi connectivity index (χ4v) is 3.84. The van der Waals surface area contributed by atoms with Crippen molar-refractivity contribution in [1.29, 1.82) is 0 Å². The lowest BCUT2D eigenvalue weighted by atomic mass is 9.99. The van der Waals surface area contributed by atoms with E-state index in [-0.39, 0.29) is 18.0 Å². The fraction of sp³-hybridized carbons (Fsp3) is 0.632. The topological polar surface area (TPSA) is 44.8 Å². The normalized spacial score (nSPS) is 20.0. The minimum absolute atomic E-state index is 0.168. The maximum absolute atomic E-state index is 14.0. The van der Waals surface area contributed by atoms with E-state index in [0.717, 1.165) is 43.5 Å². The van der Waals surface area contributed by atoms with E-state index in [4.69, 9.17) is 4.74 Å². The molecule has 0 spiro atoms. The highest BCUT2D eigenvalue weighted by Crippen LogP contribution is 2.29. The molecule has 3 rings (SSSR count). The standard InChI is InChI=1S/C19H27BrFN3O2/c1-19(2,3)26-18(25)22-14-6-8-23(9-7-14)15-11-24(12-15)17-5-4-13(20)10-16(17)21/h4-5,10,14-15H,6-9,11-12H2,1-3H3,(H,22,25). The summed E-state index contributed by atoms with van der Waals surface area (Å²) in [4.78, 5) is 16.4. The molecule has 0 atom stereocenters. The van der Waals surface area contributed by atoms with Gasteiger partial charge in [0.15, 0.2) is 0 Å². The molecule has 2 heterocycles. The number of nitrogens with one attached hydrogen (secondary N) is 1. The van der Waals surface area contributed by atoms with Crippen LogP contribution < -0.4 is 10.2 Å². The minimum Gasteiger partial charge on any atom is -0.444 e. The molecule has 1 amide bonds. The molecule has 0 unspecified atom stereocenters. The smallest absolute Gasteiger partial charge is 0.407 e. The molecule has 1 N–H and O–H groups in total. The first kappa shape index (κ1) is 19.4. The third-order valence-corrected chi connectivity index (χ3v) is 5.37. The first-order valence-corrected chi connectivity index (χ1v) is 9.94. The lowest BCUT2D eigenvalue weighted by Gasteiger charge is -2.48. The van der Waals surface area contributed by atoms with Gasteiger partial charge in [-0.05, 0) is 51.8 Å². The molecule has 2 aliphatic heterocycles. The van der Waals surface area contributed by atoms with Crippen molar-refractivity contribution in [2.24, 2.45) is 0 Å². The number of rotatable bonds is 3. The minimum atomic E-state index is -0.470. The SMILES string of the molecule is CC(C)(C)OC(=O)NC1CCN(C2CN(c3ccc(Br)cc3F)C2)CC1. The molecule has 0 aromatic heterocycles. The van der Waals surface area contributed by atoms with E-state index >= 15 is 0 Å². The summed E-state index contributed by atoms with van der Waals surface area (Å²) >= 11 is 3.29. The molecule has 1 aromatic carbocycles. The van der Waals surface area contributed by atoms with E-state index in [2.05, 4.69) is 31.0 Å². The van der Waals surface area contributed by atoms with Gasteiger partial charge in [-0.2, -0.15) is 0 Å². The van der Waals surface area contributed by atoms with Crippen molar-refractivity contribution >= 4 is 27.7 Å². The van der Waals surface area contributed by atoms with Gasteiger partial charge in [0.05, 0.1) is 5.69 Å². The second-order valence-electron chi connectivity index (χ2n) is 8.11. The van der Waals surface area contributed by atoms with Crippen LogP contribution in [0.4, 0.5) is 14.9 Å². The predicted molar refractivity (Wildman–Crippen MR) is 104 cm³/mol. The summed E-state index contributed by atoms with van der Waals surface area (Å²) in [6.07, 6.45) is 1.50. The summed E-state index contributed by atoms with van der Waals surface area (Å²) in [5.41, 5.74) is 0.202.